The fourth-order valence-electron chi connectivity index (χ4n) is 6.73. The standard InChI is InChI=1S/C33H43F6N3O3Si/c1-20-14-31(43,21-8-10-22(11-9-21)32(34,35)36)15-23(41-20)18-44-25-12-26(33(37,38)39)28-27(13-25)40-19-42(28)24-16-30(5,17-24)45-46(6,7)29(2,3)4/h8-13,19-20,23-24,41,43H,14-18H2,1-7H3/t20-,23-,24?,30?,31+/m0/s1. The lowest BCUT2D eigenvalue weighted by atomic mass is 9.77. The Balaban J connectivity index is 1.33. The second-order valence-electron chi connectivity index (χ2n) is 15.0. The number of nitrogens with zero attached hydrogens (tertiary/aromatic N) is 2. The van der Waals surface area contributed by atoms with Gasteiger partial charge in [-0.25, -0.2) is 4.98 Å². The normalized spacial score (nSPS) is 27.9. The first-order valence-corrected chi connectivity index (χ1v) is 18.5. The molecule has 1 saturated heterocycles. The van der Waals surface area contributed by atoms with Crippen LogP contribution in [0.15, 0.2) is 42.7 Å². The van der Waals surface area contributed by atoms with Crippen LogP contribution in [0.4, 0.5) is 26.3 Å². The number of aromatic nitrogens is 2. The first-order valence-electron chi connectivity index (χ1n) is 15.6. The van der Waals surface area contributed by atoms with Crippen LogP contribution in [0.2, 0.25) is 18.1 Å². The molecule has 1 aliphatic heterocycles. The van der Waals surface area contributed by atoms with Crippen molar-refractivity contribution >= 4 is 19.4 Å². The molecule has 2 aromatic carbocycles. The Hall–Kier alpha value is -2.61. The lowest BCUT2D eigenvalue weighted by molar-refractivity contribution is -0.138. The van der Waals surface area contributed by atoms with Crippen LogP contribution in [0, 0.1) is 0 Å². The lowest BCUT2D eigenvalue weighted by Gasteiger charge is -2.52. The Kier molecular flexibility index (Phi) is 8.69. The number of nitrogens with one attached hydrogen (secondary N) is 1. The fourth-order valence-corrected chi connectivity index (χ4v) is 8.44. The molecule has 1 aliphatic carbocycles. The third-order valence-corrected chi connectivity index (χ3v) is 14.5. The van der Waals surface area contributed by atoms with Crippen LogP contribution in [0.5, 0.6) is 5.75 Å². The highest BCUT2D eigenvalue weighted by atomic mass is 28.4. The highest BCUT2D eigenvalue weighted by Crippen LogP contribution is 2.51. The summed E-state index contributed by atoms with van der Waals surface area (Å²) >= 11 is 0. The number of piperidine rings is 1. The zero-order valence-corrected chi connectivity index (χ0v) is 28.2. The molecule has 254 valence electrons. The predicted octanol–water partition coefficient (Wildman–Crippen LogP) is 8.60. The molecule has 46 heavy (non-hydrogen) atoms. The van der Waals surface area contributed by atoms with Crippen LogP contribution in [-0.2, 0) is 22.4 Å². The van der Waals surface area contributed by atoms with Gasteiger partial charge in [0.2, 0.25) is 0 Å². The number of halogens is 6. The molecule has 2 heterocycles. The maximum atomic E-state index is 14.5. The van der Waals surface area contributed by atoms with E-state index < -0.39 is 49.0 Å². The van der Waals surface area contributed by atoms with E-state index in [2.05, 4.69) is 44.2 Å². The molecule has 0 bridgehead atoms. The van der Waals surface area contributed by atoms with E-state index in [1.54, 1.807) is 4.57 Å². The smallest absolute Gasteiger partial charge is 0.418 e. The van der Waals surface area contributed by atoms with Gasteiger partial charge in [0.15, 0.2) is 8.32 Å². The van der Waals surface area contributed by atoms with Crippen molar-refractivity contribution in [3.05, 3.63) is 59.4 Å². The number of alkyl halides is 6. The van der Waals surface area contributed by atoms with Gasteiger partial charge in [-0.1, -0.05) is 32.9 Å². The minimum atomic E-state index is -4.67. The first kappa shape index (κ1) is 34.7. The zero-order valence-electron chi connectivity index (χ0n) is 27.2. The van der Waals surface area contributed by atoms with Crippen LogP contribution in [0.1, 0.15) is 83.0 Å². The van der Waals surface area contributed by atoms with Gasteiger partial charge in [0, 0.05) is 24.2 Å². The van der Waals surface area contributed by atoms with Crippen LogP contribution >= 0.6 is 0 Å². The Morgan fingerprint density at radius 1 is 0.978 bits per heavy atom. The number of rotatable bonds is 7. The fraction of sp³-hybridized carbons (Fsp3) is 0.606. The number of aliphatic hydroxyl groups is 1. The van der Waals surface area contributed by atoms with Crippen molar-refractivity contribution in [1.82, 2.24) is 14.9 Å². The van der Waals surface area contributed by atoms with E-state index in [9.17, 15) is 31.4 Å². The first-order chi connectivity index (χ1) is 21.0. The van der Waals surface area contributed by atoms with Gasteiger partial charge in [-0.3, -0.25) is 0 Å². The van der Waals surface area contributed by atoms with Gasteiger partial charge in [0.05, 0.1) is 39.7 Å². The molecule has 1 aromatic heterocycles. The summed E-state index contributed by atoms with van der Waals surface area (Å²) in [6, 6.07) is 5.97. The predicted molar refractivity (Wildman–Crippen MR) is 166 cm³/mol. The van der Waals surface area contributed by atoms with Crippen molar-refractivity contribution in [2.24, 2.45) is 0 Å². The third-order valence-electron chi connectivity index (χ3n) is 9.93. The molecule has 13 heteroatoms. The summed E-state index contributed by atoms with van der Waals surface area (Å²) in [6.07, 6.45) is -6.21. The molecule has 5 rings (SSSR count). The van der Waals surface area contributed by atoms with Crippen LogP contribution in [0.25, 0.3) is 11.0 Å². The molecule has 0 unspecified atom stereocenters. The Bertz CT molecular complexity index is 1560. The SMILES string of the molecule is C[C@H]1C[C@](O)(c2ccc(C(F)(F)F)cc2)C[C@@H](COc2cc(C(F)(F)F)c3c(c2)ncn3C2CC(C)(O[Si](C)(C)C(C)(C)C)C2)N1. The van der Waals surface area contributed by atoms with Crippen molar-refractivity contribution in [1.29, 1.82) is 0 Å². The summed E-state index contributed by atoms with van der Waals surface area (Å²) in [5, 5.41) is 14.7. The average Bonchev–Trinajstić information content (AvgIpc) is 3.31. The quantitative estimate of drug-likeness (QED) is 0.195. The van der Waals surface area contributed by atoms with Gasteiger partial charge in [-0.2, -0.15) is 26.3 Å². The van der Waals surface area contributed by atoms with Crippen molar-refractivity contribution < 1.29 is 40.6 Å². The average molecular weight is 672 g/mol. The van der Waals surface area contributed by atoms with Crippen LogP contribution in [0.3, 0.4) is 0 Å². The third kappa shape index (κ3) is 6.97. The molecule has 2 fully saturated rings. The summed E-state index contributed by atoms with van der Waals surface area (Å²) in [4.78, 5) is 4.33. The monoisotopic (exact) mass is 671 g/mol. The number of fused-ring (bicyclic) bond motifs is 1. The number of ether oxygens (including phenoxy) is 1. The summed E-state index contributed by atoms with van der Waals surface area (Å²) in [7, 11) is -2.08. The lowest BCUT2D eigenvalue weighted by Crippen LogP contribution is -2.54. The maximum Gasteiger partial charge on any atom is 0.418 e. The largest absolute Gasteiger partial charge is 0.492 e. The van der Waals surface area contributed by atoms with E-state index in [-0.39, 0.29) is 53.4 Å². The summed E-state index contributed by atoms with van der Waals surface area (Å²) in [5.41, 5.74) is -3.01. The Morgan fingerprint density at radius 3 is 2.17 bits per heavy atom. The molecule has 0 radical (unpaired) electrons. The van der Waals surface area contributed by atoms with E-state index in [0.717, 1.165) is 18.2 Å². The van der Waals surface area contributed by atoms with Crippen LogP contribution < -0.4 is 10.1 Å². The van der Waals surface area contributed by atoms with E-state index in [4.69, 9.17) is 9.16 Å². The molecule has 2 N–H and O–H groups in total. The van der Waals surface area contributed by atoms with Crippen LogP contribution in [-0.4, -0.2) is 47.3 Å². The van der Waals surface area contributed by atoms with E-state index >= 15 is 0 Å². The zero-order chi connectivity index (χ0) is 34.1. The second kappa shape index (κ2) is 11.5. The van der Waals surface area contributed by atoms with E-state index in [1.165, 1.54) is 24.5 Å². The van der Waals surface area contributed by atoms with Gasteiger partial charge in [-0.15, -0.1) is 0 Å². The molecule has 3 atom stereocenters. The van der Waals surface area contributed by atoms with Crippen molar-refractivity contribution in [3.63, 3.8) is 0 Å². The number of imidazole rings is 1. The number of hydrogen-bond acceptors (Lipinski definition) is 5. The summed E-state index contributed by atoms with van der Waals surface area (Å²) < 4.78 is 96.6. The van der Waals surface area contributed by atoms with Gasteiger partial charge >= 0.3 is 12.4 Å². The molecule has 2 aliphatic rings. The highest BCUT2D eigenvalue weighted by molar-refractivity contribution is 6.74. The van der Waals surface area contributed by atoms with E-state index in [1.807, 2.05) is 13.8 Å². The number of hydrogen-bond donors (Lipinski definition) is 2. The summed E-state index contributed by atoms with van der Waals surface area (Å²) in [6.45, 7) is 14.6. The molecule has 0 spiro atoms. The number of benzene rings is 2. The molecule has 1 saturated carbocycles. The van der Waals surface area contributed by atoms with Crippen molar-refractivity contribution in [2.75, 3.05) is 6.61 Å². The second-order valence-corrected chi connectivity index (χ2v) is 19.7. The van der Waals surface area contributed by atoms with E-state index in [0.29, 0.717) is 18.4 Å². The van der Waals surface area contributed by atoms with Crippen molar-refractivity contribution in [2.45, 2.75) is 120 Å². The van der Waals surface area contributed by atoms with Gasteiger partial charge < -0.3 is 24.2 Å². The molecular weight excluding hydrogens is 628 g/mol. The van der Waals surface area contributed by atoms with Gasteiger partial charge in [0.1, 0.15) is 12.4 Å². The van der Waals surface area contributed by atoms with Gasteiger partial charge in [-0.05, 0) is 81.4 Å². The highest BCUT2D eigenvalue weighted by Gasteiger charge is 2.50. The van der Waals surface area contributed by atoms with Gasteiger partial charge in [0.25, 0.3) is 0 Å². The summed E-state index contributed by atoms with van der Waals surface area (Å²) in [5.74, 6) is -0.0112. The Morgan fingerprint density at radius 2 is 1.61 bits per heavy atom. The maximum absolute atomic E-state index is 14.5. The minimum absolute atomic E-state index is 0.000295. The molecule has 3 aromatic rings. The Labute approximate surface area is 266 Å². The van der Waals surface area contributed by atoms with Crippen molar-refractivity contribution in [3.8, 4) is 5.75 Å². The molecular formula is C33H43F6N3O3Si. The molecule has 6 nitrogen and oxygen atoms in total. The minimum Gasteiger partial charge on any atom is -0.492 e. The topological polar surface area (TPSA) is 68.5 Å². The molecule has 0 amide bonds.